The number of amides is 1. The summed E-state index contributed by atoms with van der Waals surface area (Å²) in [6, 6.07) is 11.2. The van der Waals surface area contributed by atoms with E-state index in [-0.39, 0.29) is 11.9 Å². The van der Waals surface area contributed by atoms with Crippen LogP contribution < -0.4 is 4.72 Å². The maximum absolute atomic E-state index is 12.7. The lowest BCUT2D eigenvalue weighted by atomic mass is 10.1. The molecule has 2 aromatic carbocycles. The Morgan fingerprint density at radius 3 is 2.44 bits per heavy atom. The van der Waals surface area contributed by atoms with Crippen molar-refractivity contribution in [3.63, 3.8) is 0 Å². The summed E-state index contributed by atoms with van der Waals surface area (Å²) >= 11 is 12.1. The SMILES string of the molecule is CC(c1ccc(Cl)cc1Cl)N(C)C(=O)c1cccc(NS(C)(=O)=O)c1. The third-order valence-corrected chi connectivity index (χ3v) is 4.90. The first-order chi connectivity index (χ1) is 11.6. The molecule has 0 aromatic heterocycles. The molecule has 0 bridgehead atoms. The van der Waals surface area contributed by atoms with Crippen molar-refractivity contribution < 1.29 is 13.2 Å². The number of carbonyl (C=O) groups is 1. The molecule has 5 nitrogen and oxygen atoms in total. The fraction of sp³-hybridized carbons (Fsp3) is 0.235. The van der Waals surface area contributed by atoms with E-state index < -0.39 is 10.0 Å². The minimum Gasteiger partial charge on any atom is -0.335 e. The molecular formula is C17H18Cl2N2O3S. The number of nitrogens with one attached hydrogen (secondary N) is 1. The van der Waals surface area contributed by atoms with Gasteiger partial charge in [0.1, 0.15) is 0 Å². The smallest absolute Gasteiger partial charge is 0.254 e. The van der Waals surface area contributed by atoms with Crippen molar-refractivity contribution in [3.05, 3.63) is 63.6 Å². The lowest BCUT2D eigenvalue weighted by Gasteiger charge is -2.26. The van der Waals surface area contributed by atoms with E-state index in [1.807, 2.05) is 6.92 Å². The molecule has 0 spiro atoms. The first-order valence-electron chi connectivity index (χ1n) is 7.38. The zero-order valence-corrected chi connectivity index (χ0v) is 16.3. The average molecular weight is 401 g/mol. The first kappa shape index (κ1) is 19.6. The van der Waals surface area contributed by atoms with E-state index >= 15 is 0 Å². The summed E-state index contributed by atoms with van der Waals surface area (Å²) in [6.45, 7) is 1.85. The lowest BCUT2D eigenvalue weighted by Crippen LogP contribution is -2.30. The molecule has 25 heavy (non-hydrogen) atoms. The fourth-order valence-corrected chi connectivity index (χ4v) is 3.48. The molecule has 0 fully saturated rings. The van der Waals surface area contributed by atoms with Gasteiger partial charge < -0.3 is 4.90 Å². The Morgan fingerprint density at radius 1 is 1.16 bits per heavy atom. The Morgan fingerprint density at radius 2 is 1.84 bits per heavy atom. The summed E-state index contributed by atoms with van der Waals surface area (Å²) in [5, 5.41) is 1.00. The lowest BCUT2D eigenvalue weighted by molar-refractivity contribution is 0.0743. The minimum absolute atomic E-state index is 0.254. The van der Waals surface area contributed by atoms with E-state index in [0.29, 0.717) is 21.3 Å². The molecule has 0 aliphatic rings. The third-order valence-electron chi connectivity index (χ3n) is 3.73. The number of hydrogen-bond acceptors (Lipinski definition) is 3. The Balaban J connectivity index is 2.26. The molecule has 0 heterocycles. The van der Waals surface area contributed by atoms with E-state index in [2.05, 4.69) is 4.72 Å². The fourth-order valence-electron chi connectivity index (χ4n) is 2.36. The Kier molecular flexibility index (Phi) is 5.98. The van der Waals surface area contributed by atoms with Crippen LogP contribution in [-0.2, 0) is 10.0 Å². The molecule has 0 saturated carbocycles. The van der Waals surface area contributed by atoms with Gasteiger partial charge in [0, 0.05) is 28.3 Å². The van der Waals surface area contributed by atoms with Crippen molar-refractivity contribution in [1.29, 1.82) is 0 Å². The van der Waals surface area contributed by atoms with Crippen molar-refractivity contribution in [2.45, 2.75) is 13.0 Å². The second kappa shape index (κ2) is 7.64. The number of carbonyl (C=O) groups excluding carboxylic acids is 1. The molecule has 0 radical (unpaired) electrons. The van der Waals surface area contributed by atoms with Gasteiger partial charge in [-0.15, -0.1) is 0 Å². The normalized spacial score (nSPS) is 12.5. The monoisotopic (exact) mass is 400 g/mol. The molecule has 8 heteroatoms. The highest BCUT2D eigenvalue weighted by Crippen LogP contribution is 2.30. The number of anilines is 1. The highest BCUT2D eigenvalue weighted by molar-refractivity contribution is 7.92. The second-order valence-electron chi connectivity index (χ2n) is 5.71. The number of rotatable bonds is 5. The van der Waals surface area contributed by atoms with Gasteiger partial charge in [0.15, 0.2) is 0 Å². The van der Waals surface area contributed by atoms with Crippen LogP contribution in [0, 0.1) is 0 Å². The van der Waals surface area contributed by atoms with Gasteiger partial charge in [-0.05, 0) is 42.8 Å². The van der Waals surface area contributed by atoms with E-state index in [9.17, 15) is 13.2 Å². The van der Waals surface area contributed by atoms with Gasteiger partial charge in [0.2, 0.25) is 10.0 Å². The molecule has 1 N–H and O–H groups in total. The quantitative estimate of drug-likeness (QED) is 0.817. The molecular weight excluding hydrogens is 383 g/mol. The second-order valence-corrected chi connectivity index (χ2v) is 8.30. The molecule has 0 aliphatic heterocycles. The maximum atomic E-state index is 12.7. The predicted octanol–water partition coefficient (Wildman–Crippen LogP) is 4.20. The van der Waals surface area contributed by atoms with Crippen molar-refractivity contribution in [2.24, 2.45) is 0 Å². The van der Waals surface area contributed by atoms with Crippen LogP contribution >= 0.6 is 23.2 Å². The Labute approximate surface area is 157 Å². The average Bonchev–Trinajstić information content (AvgIpc) is 2.51. The molecule has 1 atom stereocenters. The summed E-state index contributed by atoms with van der Waals surface area (Å²) in [5.41, 5.74) is 1.47. The maximum Gasteiger partial charge on any atom is 0.254 e. The highest BCUT2D eigenvalue weighted by atomic mass is 35.5. The van der Waals surface area contributed by atoms with Crippen LogP contribution in [0.2, 0.25) is 10.0 Å². The molecule has 0 saturated heterocycles. The summed E-state index contributed by atoms with van der Waals surface area (Å²) in [7, 11) is -1.75. The van der Waals surface area contributed by atoms with Crippen LogP contribution in [0.25, 0.3) is 0 Å². The van der Waals surface area contributed by atoms with Crippen LogP contribution in [0.15, 0.2) is 42.5 Å². The molecule has 2 rings (SSSR count). The van der Waals surface area contributed by atoms with Crippen molar-refractivity contribution in [2.75, 3.05) is 18.0 Å². The molecule has 134 valence electrons. The third kappa shape index (κ3) is 5.11. The summed E-state index contributed by atoms with van der Waals surface area (Å²) < 4.78 is 25.0. The predicted molar refractivity (Wildman–Crippen MR) is 102 cm³/mol. The van der Waals surface area contributed by atoms with Crippen molar-refractivity contribution in [1.82, 2.24) is 4.90 Å². The van der Waals surface area contributed by atoms with Crippen molar-refractivity contribution >= 4 is 44.8 Å². The topological polar surface area (TPSA) is 66.5 Å². The molecule has 0 aliphatic carbocycles. The van der Waals surface area contributed by atoms with Crippen LogP contribution in [0.4, 0.5) is 5.69 Å². The number of halogens is 2. The minimum atomic E-state index is -3.41. The van der Waals surface area contributed by atoms with Gasteiger partial charge in [0.25, 0.3) is 5.91 Å². The first-order valence-corrected chi connectivity index (χ1v) is 10.0. The zero-order chi connectivity index (χ0) is 18.8. The molecule has 2 aromatic rings. The largest absolute Gasteiger partial charge is 0.335 e. The van der Waals surface area contributed by atoms with Gasteiger partial charge >= 0.3 is 0 Å². The number of hydrogen-bond donors (Lipinski definition) is 1. The summed E-state index contributed by atoms with van der Waals surface area (Å²) in [6.07, 6.45) is 1.05. The zero-order valence-electron chi connectivity index (χ0n) is 14.0. The van der Waals surface area contributed by atoms with Crippen molar-refractivity contribution in [3.8, 4) is 0 Å². The van der Waals surface area contributed by atoms with E-state index in [1.165, 1.54) is 11.0 Å². The van der Waals surface area contributed by atoms with E-state index in [4.69, 9.17) is 23.2 Å². The number of sulfonamides is 1. The van der Waals surface area contributed by atoms with Gasteiger partial charge in [-0.1, -0.05) is 35.3 Å². The van der Waals surface area contributed by atoms with Crippen LogP contribution in [-0.4, -0.2) is 32.5 Å². The van der Waals surface area contributed by atoms with Crippen LogP contribution in [0.3, 0.4) is 0 Å². The van der Waals surface area contributed by atoms with Gasteiger partial charge in [-0.25, -0.2) is 8.42 Å². The summed E-state index contributed by atoms with van der Waals surface area (Å²) in [5.74, 6) is -0.254. The van der Waals surface area contributed by atoms with E-state index in [1.54, 1.807) is 43.4 Å². The van der Waals surface area contributed by atoms with Gasteiger partial charge in [0.05, 0.1) is 12.3 Å². The van der Waals surface area contributed by atoms with Gasteiger partial charge in [-0.3, -0.25) is 9.52 Å². The summed E-state index contributed by atoms with van der Waals surface area (Å²) in [4.78, 5) is 14.3. The van der Waals surface area contributed by atoms with E-state index in [0.717, 1.165) is 11.8 Å². The Bertz CT molecular complexity index is 901. The highest BCUT2D eigenvalue weighted by Gasteiger charge is 2.21. The molecule has 1 unspecified atom stereocenters. The molecule has 1 amide bonds. The number of nitrogens with zero attached hydrogens (tertiary/aromatic N) is 1. The standard InChI is InChI=1S/C17H18Cl2N2O3S/c1-11(15-8-7-13(18)10-16(15)19)21(2)17(22)12-5-4-6-14(9-12)20-25(3,23)24/h4-11,20H,1-3H3. The Hall–Kier alpha value is -1.76. The number of benzene rings is 2. The van der Waals surface area contributed by atoms with Gasteiger partial charge in [-0.2, -0.15) is 0 Å². The van der Waals surface area contributed by atoms with Crippen LogP contribution in [0.1, 0.15) is 28.9 Å². The van der Waals surface area contributed by atoms with Crippen LogP contribution in [0.5, 0.6) is 0 Å².